The molecular formula is C18H21FN4O. The number of hydrogen-bond acceptors (Lipinski definition) is 3. The van der Waals surface area contributed by atoms with Gasteiger partial charge in [0.1, 0.15) is 12.0 Å². The summed E-state index contributed by atoms with van der Waals surface area (Å²) >= 11 is 0. The van der Waals surface area contributed by atoms with Gasteiger partial charge in [-0.3, -0.25) is 9.69 Å². The van der Waals surface area contributed by atoms with Crippen molar-refractivity contribution in [2.45, 2.75) is 45.3 Å². The maximum absolute atomic E-state index is 13.2. The van der Waals surface area contributed by atoms with Crippen molar-refractivity contribution in [3.8, 4) is 5.69 Å². The van der Waals surface area contributed by atoms with E-state index in [-0.39, 0.29) is 23.9 Å². The highest BCUT2D eigenvalue weighted by Gasteiger charge is 2.43. The van der Waals surface area contributed by atoms with Gasteiger partial charge in [-0.25, -0.2) is 9.07 Å². The van der Waals surface area contributed by atoms with Crippen molar-refractivity contribution in [3.05, 3.63) is 47.0 Å². The van der Waals surface area contributed by atoms with Gasteiger partial charge in [0.25, 0.3) is 0 Å². The lowest BCUT2D eigenvalue weighted by Gasteiger charge is -2.31. The number of fused-ring (bicyclic) bond motifs is 1. The Kier molecular flexibility index (Phi) is 3.64. The van der Waals surface area contributed by atoms with Crippen molar-refractivity contribution in [2.75, 3.05) is 6.54 Å². The predicted molar refractivity (Wildman–Crippen MR) is 88.2 cm³/mol. The van der Waals surface area contributed by atoms with Crippen molar-refractivity contribution < 1.29 is 9.18 Å². The van der Waals surface area contributed by atoms with Crippen LogP contribution >= 0.6 is 0 Å². The summed E-state index contributed by atoms with van der Waals surface area (Å²) in [5, 5.41) is 7.77. The third-order valence-corrected chi connectivity index (χ3v) is 5.15. The van der Waals surface area contributed by atoms with Crippen LogP contribution in [0.15, 0.2) is 24.3 Å². The van der Waals surface area contributed by atoms with Crippen molar-refractivity contribution in [1.82, 2.24) is 20.0 Å². The van der Waals surface area contributed by atoms with Gasteiger partial charge in [-0.15, -0.1) is 0 Å². The summed E-state index contributed by atoms with van der Waals surface area (Å²) in [5.41, 5.74) is 3.75. The molecule has 6 heteroatoms. The van der Waals surface area contributed by atoms with E-state index in [9.17, 15) is 9.18 Å². The summed E-state index contributed by atoms with van der Waals surface area (Å²) in [4.78, 5) is 14.6. The van der Waals surface area contributed by atoms with Crippen LogP contribution in [-0.2, 0) is 4.79 Å². The Hall–Kier alpha value is -2.21. The number of nitrogens with zero attached hydrogens (tertiary/aromatic N) is 3. The molecule has 1 N–H and O–H groups in total. The molecule has 5 nitrogen and oxygen atoms in total. The first-order valence-corrected chi connectivity index (χ1v) is 8.44. The molecule has 2 aromatic rings. The van der Waals surface area contributed by atoms with Crippen LogP contribution < -0.4 is 5.32 Å². The lowest BCUT2D eigenvalue weighted by atomic mass is 10.0. The standard InChI is InChI=1S/C18H21FN4O/c1-11-16(17-20-18(24)15-5-3-4-10-22(15)17)12(2)23(21-11)14-8-6-13(19)7-9-14/h6-9,15,17H,3-5,10H2,1-2H3,(H,20,24). The van der Waals surface area contributed by atoms with Crippen molar-refractivity contribution in [1.29, 1.82) is 0 Å². The van der Waals surface area contributed by atoms with E-state index in [1.807, 2.05) is 18.5 Å². The number of amides is 1. The van der Waals surface area contributed by atoms with Crippen LogP contribution in [0, 0.1) is 19.7 Å². The zero-order chi connectivity index (χ0) is 16.8. The van der Waals surface area contributed by atoms with E-state index in [4.69, 9.17) is 0 Å². The van der Waals surface area contributed by atoms with Crippen LogP contribution in [0.3, 0.4) is 0 Å². The van der Waals surface area contributed by atoms with Gasteiger partial charge in [-0.1, -0.05) is 6.42 Å². The molecule has 2 aliphatic rings. The van der Waals surface area contributed by atoms with Crippen molar-refractivity contribution in [3.63, 3.8) is 0 Å². The lowest BCUT2D eigenvalue weighted by molar-refractivity contribution is -0.122. The largest absolute Gasteiger partial charge is 0.335 e. The molecule has 0 bridgehead atoms. The van der Waals surface area contributed by atoms with Crippen LogP contribution in [0.4, 0.5) is 4.39 Å². The first-order chi connectivity index (χ1) is 11.6. The topological polar surface area (TPSA) is 50.2 Å². The number of carbonyl (C=O) groups excluding carboxylic acids is 1. The zero-order valence-corrected chi connectivity index (χ0v) is 13.9. The number of rotatable bonds is 2. The summed E-state index contributed by atoms with van der Waals surface area (Å²) in [5.74, 6) is -0.146. The molecule has 1 amide bonds. The predicted octanol–water partition coefficient (Wildman–Crippen LogP) is 2.61. The van der Waals surface area contributed by atoms with Gasteiger partial charge in [0.15, 0.2) is 0 Å². The van der Waals surface area contributed by atoms with E-state index in [0.717, 1.165) is 48.4 Å². The Morgan fingerprint density at radius 1 is 1.21 bits per heavy atom. The maximum Gasteiger partial charge on any atom is 0.238 e. The molecule has 0 radical (unpaired) electrons. The van der Waals surface area contributed by atoms with Crippen LogP contribution in [0.1, 0.15) is 42.4 Å². The lowest BCUT2D eigenvalue weighted by Crippen LogP contribution is -2.38. The fourth-order valence-electron chi connectivity index (χ4n) is 3.98. The Morgan fingerprint density at radius 3 is 2.71 bits per heavy atom. The van der Waals surface area contributed by atoms with Gasteiger partial charge in [0.2, 0.25) is 5.91 Å². The molecule has 0 aliphatic carbocycles. The maximum atomic E-state index is 13.2. The molecule has 2 saturated heterocycles. The van der Waals surface area contributed by atoms with Crippen LogP contribution in [0.2, 0.25) is 0 Å². The normalized spacial score (nSPS) is 24.0. The fraction of sp³-hybridized carbons (Fsp3) is 0.444. The van der Waals surface area contributed by atoms with Crippen LogP contribution in [0.5, 0.6) is 0 Å². The van der Waals surface area contributed by atoms with E-state index in [0.29, 0.717) is 0 Å². The highest BCUT2D eigenvalue weighted by molar-refractivity contribution is 5.84. The highest BCUT2D eigenvalue weighted by atomic mass is 19.1. The summed E-state index contributed by atoms with van der Waals surface area (Å²) in [6, 6.07) is 6.29. The molecule has 1 aromatic heterocycles. The van der Waals surface area contributed by atoms with Gasteiger partial charge < -0.3 is 5.32 Å². The number of aryl methyl sites for hydroxylation is 1. The number of carbonyl (C=O) groups is 1. The molecule has 24 heavy (non-hydrogen) atoms. The SMILES string of the molecule is Cc1nn(-c2ccc(F)cc2)c(C)c1C1NC(=O)C2CCCCN21. The molecular weight excluding hydrogens is 307 g/mol. The number of hydrogen-bond donors (Lipinski definition) is 1. The fourth-order valence-corrected chi connectivity index (χ4v) is 3.98. The minimum Gasteiger partial charge on any atom is -0.335 e. The molecule has 0 spiro atoms. The molecule has 2 aliphatic heterocycles. The van der Waals surface area contributed by atoms with Gasteiger partial charge in [0, 0.05) is 17.8 Å². The van der Waals surface area contributed by atoms with E-state index in [2.05, 4.69) is 15.3 Å². The number of aromatic nitrogens is 2. The highest BCUT2D eigenvalue weighted by Crippen LogP contribution is 2.35. The van der Waals surface area contributed by atoms with Crippen molar-refractivity contribution >= 4 is 5.91 Å². The molecule has 2 unspecified atom stereocenters. The van der Waals surface area contributed by atoms with E-state index in [1.54, 1.807) is 12.1 Å². The van der Waals surface area contributed by atoms with E-state index < -0.39 is 0 Å². The van der Waals surface area contributed by atoms with Gasteiger partial charge >= 0.3 is 0 Å². The third kappa shape index (κ3) is 2.33. The Labute approximate surface area is 140 Å². The first-order valence-electron chi connectivity index (χ1n) is 8.44. The van der Waals surface area contributed by atoms with Crippen LogP contribution in [0.25, 0.3) is 5.69 Å². The summed E-state index contributed by atoms with van der Waals surface area (Å²) in [7, 11) is 0. The average Bonchev–Trinajstić information content (AvgIpc) is 3.06. The number of benzene rings is 1. The number of piperidine rings is 1. The second kappa shape index (κ2) is 5.70. The monoisotopic (exact) mass is 328 g/mol. The van der Waals surface area contributed by atoms with Crippen molar-refractivity contribution in [2.24, 2.45) is 0 Å². The van der Waals surface area contributed by atoms with E-state index in [1.165, 1.54) is 12.1 Å². The van der Waals surface area contributed by atoms with Crippen LogP contribution in [-0.4, -0.2) is 33.2 Å². The minimum absolute atomic E-state index is 0.0169. The van der Waals surface area contributed by atoms with Gasteiger partial charge in [-0.05, 0) is 51.0 Å². The summed E-state index contributed by atoms with van der Waals surface area (Å²) in [6.07, 6.45) is 3.03. The van der Waals surface area contributed by atoms with E-state index >= 15 is 0 Å². The second-order valence-corrected chi connectivity index (χ2v) is 6.63. The first kappa shape index (κ1) is 15.3. The van der Waals surface area contributed by atoms with Gasteiger partial charge in [-0.2, -0.15) is 5.10 Å². The molecule has 2 atom stereocenters. The summed E-state index contributed by atoms with van der Waals surface area (Å²) < 4.78 is 15.0. The summed E-state index contributed by atoms with van der Waals surface area (Å²) in [6.45, 7) is 4.89. The number of nitrogens with one attached hydrogen (secondary N) is 1. The second-order valence-electron chi connectivity index (χ2n) is 6.63. The molecule has 2 fully saturated rings. The average molecular weight is 328 g/mol. The molecule has 126 valence electrons. The molecule has 0 saturated carbocycles. The Morgan fingerprint density at radius 2 is 1.96 bits per heavy atom. The third-order valence-electron chi connectivity index (χ3n) is 5.15. The molecule has 1 aromatic carbocycles. The smallest absolute Gasteiger partial charge is 0.238 e. The zero-order valence-electron chi connectivity index (χ0n) is 13.9. The molecule has 4 rings (SSSR count). The quantitative estimate of drug-likeness (QED) is 0.922. The number of halogens is 1. The minimum atomic E-state index is -0.264. The Bertz CT molecular complexity index is 783. The Balaban J connectivity index is 1.74. The van der Waals surface area contributed by atoms with Gasteiger partial charge in [0.05, 0.1) is 17.4 Å². The molecule has 3 heterocycles.